The molecule has 0 saturated heterocycles. The number of rotatable bonds is 2. The van der Waals surface area contributed by atoms with Gasteiger partial charge in [-0.1, -0.05) is 30.3 Å². The lowest BCUT2D eigenvalue weighted by Crippen LogP contribution is -1.84. The minimum atomic E-state index is 0.674. The van der Waals surface area contributed by atoms with Gasteiger partial charge in [0.05, 0.1) is 10.8 Å². The highest BCUT2D eigenvalue weighted by Gasteiger charge is 2.27. The number of thiocarbonyl (C=S) groups is 1. The predicted molar refractivity (Wildman–Crippen MR) is 70.6 cm³/mol. The number of hydrogen-bond acceptors (Lipinski definition) is 2. The van der Waals surface area contributed by atoms with E-state index in [4.69, 9.17) is 12.2 Å². The van der Waals surface area contributed by atoms with Crippen LogP contribution in [-0.4, -0.2) is 5.16 Å². The fourth-order valence-electron chi connectivity index (χ4n) is 2.23. The van der Waals surface area contributed by atoms with Crippen LogP contribution >= 0.6 is 12.2 Å². The van der Waals surface area contributed by atoms with Crippen molar-refractivity contribution in [2.75, 3.05) is 0 Å². The van der Waals surface area contributed by atoms with Gasteiger partial charge in [0.2, 0.25) is 0 Å². The van der Waals surface area contributed by atoms with Crippen molar-refractivity contribution in [1.82, 2.24) is 0 Å². The Morgan fingerprint density at radius 1 is 1.12 bits per heavy atom. The molecule has 78 valence electrons. The highest BCUT2D eigenvalue weighted by atomic mass is 32.1. The van der Waals surface area contributed by atoms with Gasteiger partial charge in [0.1, 0.15) is 0 Å². The first-order valence-corrected chi connectivity index (χ1v) is 5.90. The lowest BCUT2D eigenvalue weighted by Gasteiger charge is -2.07. The third-order valence-corrected chi connectivity index (χ3v) is 3.19. The molecule has 0 aromatic heterocycles. The van der Waals surface area contributed by atoms with Crippen LogP contribution in [0.4, 0.5) is 5.69 Å². The highest BCUT2D eigenvalue weighted by molar-refractivity contribution is 7.78. The fraction of sp³-hybridized carbons (Fsp3) is 0.214. The molecule has 3 rings (SSSR count). The smallest absolute Gasteiger partial charge is 0.0780 e. The minimum absolute atomic E-state index is 0.674. The molecule has 0 atom stereocenters. The summed E-state index contributed by atoms with van der Waals surface area (Å²) in [6.07, 6.45) is 2.54. The Hall–Kier alpha value is -1.50. The van der Waals surface area contributed by atoms with Gasteiger partial charge in [0, 0.05) is 0 Å². The van der Waals surface area contributed by atoms with E-state index in [1.54, 1.807) is 0 Å². The summed E-state index contributed by atoms with van der Waals surface area (Å²) >= 11 is 4.71. The van der Waals surface area contributed by atoms with Crippen LogP contribution in [0.15, 0.2) is 41.4 Å². The monoisotopic (exact) mass is 225 g/mol. The second-order valence-electron chi connectivity index (χ2n) is 4.20. The van der Waals surface area contributed by atoms with E-state index in [1.807, 2.05) is 0 Å². The standard InChI is InChI=1S/C14H11NS/c16-9-15-13-8-7-10-3-1-2-4-12(10)14(13)11-5-6-11/h1-4,7-8,11H,5-6H2. The number of isothiocyanates is 1. The summed E-state index contributed by atoms with van der Waals surface area (Å²) in [5, 5.41) is 5.08. The quantitative estimate of drug-likeness (QED) is 0.543. The van der Waals surface area contributed by atoms with Crippen LogP contribution in [0.2, 0.25) is 0 Å². The molecular weight excluding hydrogens is 214 g/mol. The first-order chi connectivity index (χ1) is 7.90. The number of hydrogen-bond donors (Lipinski definition) is 0. The van der Waals surface area contributed by atoms with Crippen molar-refractivity contribution < 1.29 is 0 Å². The van der Waals surface area contributed by atoms with Crippen molar-refractivity contribution in [3.8, 4) is 0 Å². The molecule has 1 nitrogen and oxygen atoms in total. The van der Waals surface area contributed by atoms with Gasteiger partial charge in [-0.2, -0.15) is 4.99 Å². The van der Waals surface area contributed by atoms with E-state index in [2.05, 4.69) is 46.6 Å². The molecule has 2 aromatic rings. The minimum Gasteiger partial charge on any atom is -0.194 e. The van der Waals surface area contributed by atoms with Crippen molar-refractivity contribution >= 4 is 33.8 Å². The molecular formula is C14H11NS. The maximum absolute atomic E-state index is 4.71. The Labute approximate surface area is 99.8 Å². The molecule has 0 N–H and O–H groups in total. The zero-order valence-corrected chi connectivity index (χ0v) is 9.63. The van der Waals surface area contributed by atoms with E-state index in [0.29, 0.717) is 5.92 Å². The van der Waals surface area contributed by atoms with Crippen LogP contribution in [0.1, 0.15) is 24.3 Å². The van der Waals surface area contributed by atoms with Gasteiger partial charge in [-0.25, -0.2) is 0 Å². The van der Waals surface area contributed by atoms with E-state index < -0.39 is 0 Å². The molecule has 1 aliphatic carbocycles. The van der Waals surface area contributed by atoms with Crippen molar-refractivity contribution in [3.05, 3.63) is 42.0 Å². The van der Waals surface area contributed by atoms with Crippen molar-refractivity contribution in [2.24, 2.45) is 4.99 Å². The second-order valence-corrected chi connectivity index (χ2v) is 4.38. The summed E-state index contributed by atoms with van der Waals surface area (Å²) in [5.74, 6) is 0.674. The molecule has 0 unspecified atom stereocenters. The molecule has 1 saturated carbocycles. The molecule has 1 aliphatic rings. The normalized spacial score (nSPS) is 14.8. The van der Waals surface area contributed by atoms with Gasteiger partial charge in [-0.3, -0.25) is 0 Å². The van der Waals surface area contributed by atoms with Crippen LogP contribution in [0.25, 0.3) is 10.8 Å². The average molecular weight is 225 g/mol. The van der Waals surface area contributed by atoms with E-state index in [0.717, 1.165) is 5.69 Å². The molecule has 0 amide bonds. The molecule has 0 bridgehead atoms. The SMILES string of the molecule is S=C=Nc1ccc2ccccc2c1C1CC1. The molecule has 0 aliphatic heterocycles. The van der Waals surface area contributed by atoms with E-state index in [9.17, 15) is 0 Å². The third-order valence-electron chi connectivity index (χ3n) is 3.10. The van der Waals surface area contributed by atoms with Gasteiger partial charge in [0.15, 0.2) is 0 Å². The number of aliphatic imine (C=N–C) groups is 1. The Morgan fingerprint density at radius 2 is 1.94 bits per heavy atom. The zero-order chi connectivity index (χ0) is 11.0. The summed E-state index contributed by atoms with van der Waals surface area (Å²) in [4.78, 5) is 4.18. The summed E-state index contributed by atoms with van der Waals surface area (Å²) in [6, 6.07) is 12.6. The first-order valence-electron chi connectivity index (χ1n) is 5.49. The van der Waals surface area contributed by atoms with E-state index in [-0.39, 0.29) is 0 Å². The van der Waals surface area contributed by atoms with E-state index >= 15 is 0 Å². The highest BCUT2D eigenvalue weighted by Crippen LogP contribution is 2.47. The van der Waals surface area contributed by atoms with Crippen molar-refractivity contribution in [1.29, 1.82) is 0 Å². The molecule has 16 heavy (non-hydrogen) atoms. The van der Waals surface area contributed by atoms with Gasteiger partial charge < -0.3 is 0 Å². The van der Waals surface area contributed by atoms with Crippen molar-refractivity contribution in [2.45, 2.75) is 18.8 Å². The number of nitrogens with zero attached hydrogens (tertiary/aromatic N) is 1. The lowest BCUT2D eigenvalue weighted by molar-refractivity contribution is 1.15. The summed E-state index contributed by atoms with van der Waals surface area (Å²) in [5.41, 5.74) is 2.35. The maximum atomic E-state index is 4.71. The Morgan fingerprint density at radius 3 is 2.69 bits per heavy atom. The number of fused-ring (bicyclic) bond motifs is 1. The summed E-state index contributed by atoms with van der Waals surface area (Å²) < 4.78 is 0. The lowest BCUT2D eigenvalue weighted by atomic mass is 9.99. The molecule has 2 aromatic carbocycles. The van der Waals surface area contributed by atoms with Crippen molar-refractivity contribution in [3.63, 3.8) is 0 Å². The van der Waals surface area contributed by atoms with Gasteiger partial charge in [0.25, 0.3) is 0 Å². The zero-order valence-electron chi connectivity index (χ0n) is 8.81. The first kappa shape index (κ1) is 9.71. The Balaban J connectivity index is 2.35. The number of benzene rings is 2. The molecule has 1 fully saturated rings. The van der Waals surface area contributed by atoms with Crippen LogP contribution in [-0.2, 0) is 0 Å². The fourth-order valence-corrected chi connectivity index (χ4v) is 2.33. The van der Waals surface area contributed by atoms with Crippen LogP contribution in [0, 0.1) is 0 Å². The van der Waals surface area contributed by atoms with Crippen LogP contribution in [0.5, 0.6) is 0 Å². The third kappa shape index (κ3) is 1.57. The molecule has 0 spiro atoms. The van der Waals surface area contributed by atoms with E-state index in [1.165, 1.54) is 29.2 Å². The maximum Gasteiger partial charge on any atom is 0.0780 e. The van der Waals surface area contributed by atoms with Gasteiger partial charge in [-0.05, 0) is 53.4 Å². The molecule has 0 radical (unpaired) electrons. The second kappa shape index (κ2) is 3.82. The van der Waals surface area contributed by atoms with Crippen LogP contribution in [0.3, 0.4) is 0 Å². The Kier molecular flexibility index (Phi) is 2.32. The molecule has 2 heteroatoms. The predicted octanol–water partition coefficient (Wildman–Crippen LogP) is 4.45. The Bertz CT molecular complexity index is 593. The molecule has 0 heterocycles. The summed E-state index contributed by atoms with van der Waals surface area (Å²) in [6.45, 7) is 0. The average Bonchev–Trinajstić information content (AvgIpc) is 3.13. The largest absolute Gasteiger partial charge is 0.194 e. The van der Waals surface area contributed by atoms with Crippen LogP contribution < -0.4 is 0 Å². The van der Waals surface area contributed by atoms with Gasteiger partial charge >= 0.3 is 0 Å². The summed E-state index contributed by atoms with van der Waals surface area (Å²) in [7, 11) is 0. The topological polar surface area (TPSA) is 12.4 Å². The van der Waals surface area contributed by atoms with Gasteiger partial charge in [-0.15, -0.1) is 0 Å².